The smallest absolute Gasteiger partial charge is 0.0778 e. The molecule has 0 aromatic heterocycles. The van der Waals surface area contributed by atoms with Crippen molar-refractivity contribution in [3.05, 3.63) is 37.1 Å². The summed E-state index contributed by atoms with van der Waals surface area (Å²) < 4.78 is 0. The van der Waals surface area contributed by atoms with Crippen molar-refractivity contribution >= 4 is 0 Å². The number of hydrogen-bond donors (Lipinski definition) is 0. The van der Waals surface area contributed by atoms with E-state index in [0.717, 1.165) is 0 Å². The minimum absolute atomic E-state index is 2.00. The zero-order valence-corrected chi connectivity index (χ0v) is 3.46. The Balaban J connectivity index is 2.46. The van der Waals surface area contributed by atoms with E-state index in [1.807, 2.05) is 37.1 Å². The molecule has 0 N–H and O–H groups in total. The van der Waals surface area contributed by atoms with E-state index in [4.69, 9.17) is 0 Å². The van der Waals surface area contributed by atoms with Crippen LogP contribution in [-0.2, 0) is 0 Å². The van der Waals surface area contributed by atoms with Gasteiger partial charge in [-0.05, 0) is 0 Å². The summed E-state index contributed by atoms with van der Waals surface area (Å²) in [6, 6.07) is 0. The van der Waals surface area contributed by atoms with Gasteiger partial charge in [-0.25, -0.2) is 18.6 Å². The van der Waals surface area contributed by atoms with Crippen LogP contribution in [0.25, 0.3) is 0 Å². The van der Waals surface area contributed by atoms with E-state index in [2.05, 4.69) is 0 Å². The maximum Gasteiger partial charge on any atom is -0.0778 e. The maximum atomic E-state index is 2.00. The van der Waals surface area contributed by atoms with Crippen molar-refractivity contribution in [2.24, 2.45) is 0 Å². The largest absolute Gasteiger partial charge is 0.228 e. The molecule has 1 rings (SSSR count). The van der Waals surface area contributed by atoms with E-state index < -0.39 is 0 Å². The van der Waals surface area contributed by atoms with E-state index in [0.29, 0.717) is 0 Å². The first-order valence-electron chi connectivity index (χ1n) is 2.00. The standard InChI is InChI=1S/C6H6/c1-2-4-6-5-3-1/h1-6H/q-1. The molecule has 0 unspecified atom stereocenters. The van der Waals surface area contributed by atoms with E-state index >= 15 is 0 Å². The molecule has 0 atom stereocenters. The van der Waals surface area contributed by atoms with E-state index in [1.54, 1.807) is 0 Å². The lowest BCUT2D eigenvalue weighted by molar-refractivity contribution is 1.55. The zero-order chi connectivity index (χ0) is 4.24. The van der Waals surface area contributed by atoms with Crippen molar-refractivity contribution in [1.29, 1.82) is 0 Å². The highest BCUT2D eigenvalue weighted by molar-refractivity contribution is 5.23. The Morgan fingerprint density at radius 1 is 1.00 bits per heavy atom. The lowest BCUT2D eigenvalue weighted by Crippen LogP contribution is -1.70. The topological polar surface area (TPSA) is 0 Å². The molecule has 0 aliphatic heterocycles. The summed E-state index contributed by atoms with van der Waals surface area (Å²) in [5.74, 6) is 0. The third-order valence-electron chi connectivity index (χ3n) is 0.667. The number of rotatable bonds is 0. The van der Waals surface area contributed by atoms with Gasteiger partial charge >= 0.3 is 0 Å². The highest BCUT2D eigenvalue weighted by Gasteiger charge is 1.67. The Labute approximate surface area is 38.2 Å². The first-order valence-corrected chi connectivity index (χ1v) is 2.00. The summed E-state index contributed by atoms with van der Waals surface area (Å²) >= 11 is 0. The van der Waals surface area contributed by atoms with E-state index in [-0.39, 0.29) is 0 Å². The third kappa shape index (κ3) is 0.646. The summed E-state index contributed by atoms with van der Waals surface area (Å²) in [6.07, 6.45) is 12.0. The predicted octanol–water partition coefficient (Wildman–Crippen LogP) is 1.52. The summed E-state index contributed by atoms with van der Waals surface area (Å²) in [7, 11) is 0. The molecule has 0 heteroatoms. The average molecular weight is 78.1 g/mol. The average Bonchev–Trinajstić information content (AvgIpc) is 1.72. The summed E-state index contributed by atoms with van der Waals surface area (Å²) in [5.41, 5.74) is 0. The van der Waals surface area contributed by atoms with Crippen LogP contribution in [0.1, 0.15) is 0 Å². The summed E-state index contributed by atoms with van der Waals surface area (Å²) in [4.78, 5) is 0. The van der Waals surface area contributed by atoms with Crippen LogP contribution in [-0.4, -0.2) is 0 Å². The molecule has 0 saturated carbocycles. The van der Waals surface area contributed by atoms with Crippen molar-refractivity contribution in [2.45, 2.75) is 0 Å². The van der Waals surface area contributed by atoms with E-state index in [1.165, 1.54) is 0 Å². The lowest BCUT2D eigenvalue weighted by Gasteiger charge is -1.99. The predicted molar refractivity (Wildman–Crippen MR) is 26.9 cm³/mol. The molecule has 1 aliphatic carbocycles. The maximum absolute atomic E-state index is 2.00. The van der Waals surface area contributed by atoms with Gasteiger partial charge in [-0.15, -0.1) is 12.2 Å². The molecule has 1 aliphatic rings. The molecule has 1 radical (unpaired) electrons. The van der Waals surface area contributed by atoms with Crippen molar-refractivity contribution < 1.29 is 0 Å². The minimum atomic E-state index is 2.00. The lowest BCUT2D eigenvalue weighted by atomic mass is 10.2. The molecule has 0 heterocycles. The first kappa shape index (κ1) is 3.54. The molecule has 6 heavy (non-hydrogen) atoms. The quantitative estimate of drug-likeness (QED) is 0.385. The Hall–Kier alpha value is -0.650. The van der Waals surface area contributed by atoms with Gasteiger partial charge in [0.15, 0.2) is 0 Å². The Morgan fingerprint density at radius 2 is 2.00 bits per heavy atom. The molecule has 0 spiro atoms. The van der Waals surface area contributed by atoms with Crippen molar-refractivity contribution in [3.8, 4) is 0 Å². The molecular formula is C6H6-. The van der Waals surface area contributed by atoms with Crippen LogP contribution >= 0.6 is 0 Å². The first-order chi connectivity index (χ1) is 3.00. The minimum Gasteiger partial charge on any atom is -0.228 e. The SMILES string of the molecule is [CH]1C=CC=C[CH-]1. The number of hydrogen-bond acceptors (Lipinski definition) is 0. The highest BCUT2D eigenvalue weighted by atomic mass is 13.8. The van der Waals surface area contributed by atoms with Crippen molar-refractivity contribution in [1.82, 2.24) is 0 Å². The third-order valence-corrected chi connectivity index (χ3v) is 0.667. The second-order valence-electron chi connectivity index (χ2n) is 1.15. The molecular weight excluding hydrogens is 72.1 g/mol. The van der Waals surface area contributed by atoms with Crippen LogP contribution < -0.4 is 0 Å². The molecule has 0 bridgehead atoms. The molecule has 0 aromatic carbocycles. The van der Waals surface area contributed by atoms with Gasteiger partial charge in [0, 0.05) is 0 Å². The van der Waals surface area contributed by atoms with Gasteiger partial charge < -0.3 is 0 Å². The Bertz CT molecular complexity index is 66.0. The van der Waals surface area contributed by atoms with Gasteiger partial charge in [-0.3, -0.25) is 0 Å². The van der Waals surface area contributed by atoms with Crippen molar-refractivity contribution in [2.75, 3.05) is 0 Å². The fourth-order valence-electron chi connectivity index (χ4n) is 0.385. The molecule has 31 valence electrons. The van der Waals surface area contributed by atoms with Gasteiger partial charge in [0.1, 0.15) is 0 Å². The van der Waals surface area contributed by atoms with Crippen LogP contribution in [0.15, 0.2) is 24.3 Å². The van der Waals surface area contributed by atoms with Gasteiger partial charge in [-0.2, -0.15) is 0 Å². The van der Waals surface area contributed by atoms with Gasteiger partial charge in [-0.1, -0.05) is 6.42 Å². The monoisotopic (exact) mass is 78.0 g/mol. The fourth-order valence-corrected chi connectivity index (χ4v) is 0.385. The van der Waals surface area contributed by atoms with Crippen LogP contribution in [0.2, 0.25) is 0 Å². The van der Waals surface area contributed by atoms with Gasteiger partial charge in [0.05, 0.1) is 0 Å². The second-order valence-corrected chi connectivity index (χ2v) is 1.15. The van der Waals surface area contributed by atoms with Crippen LogP contribution in [0.5, 0.6) is 0 Å². The molecule has 0 nitrogen and oxygen atoms in total. The van der Waals surface area contributed by atoms with Gasteiger partial charge in [0.25, 0.3) is 0 Å². The summed E-state index contributed by atoms with van der Waals surface area (Å²) in [6.45, 7) is 0. The normalized spacial score (nSPS) is 17.3. The summed E-state index contributed by atoms with van der Waals surface area (Å²) in [5, 5.41) is 0. The molecule has 0 saturated heterocycles. The van der Waals surface area contributed by atoms with Crippen LogP contribution in [0.4, 0.5) is 0 Å². The highest BCUT2D eigenvalue weighted by Crippen LogP contribution is 1.95. The Morgan fingerprint density at radius 3 is 2.17 bits per heavy atom. The molecule has 0 fully saturated rings. The fraction of sp³-hybridized carbons (Fsp3) is 0. The van der Waals surface area contributed by atoms with Crippen LogP contribution in [0, 0.1) is 12.8 Å². The van der Waals surface area contributed by atoms with Crippen molar-refractivity contribution in [3.63, 3.8) is 0 Å². The van der Waals surface area contributed by atoms with Crippen LogP contribution in [0.3, 0.4) is 0 Å². The zero-order valence-electron chi connectivity index (χ0n) is 3.46. The Kier molecular flexibility index (Phi) is 1.01. The second kappa shape index (κ2) is 1.71. The van der Waals surface area contributed by atoms with Gasteiger partial charge in [0.2, 0.25) is 0 Å². The number of allylic oxidation sites excluding steroid dienone is 4. The molecule has 0 aromatic rings. The van der Waals surface area contributed by atoms with E-state index in [9.17, 15) is 0 Å². The molecule has 0 amide bonds.